The third-order valence-electron chi connectivity index (χ3n) is 6.39. The number of aromatic nitrogens is 1. The van der Waals surface area contributed by atoms with E-state index in [9.17, 15) is 4.39 Å². The van der Waals surface area contributed by atoms with Crippen LogP contribution >= 0.6 is 11.6 Å². The van der Waals surface area contributed by atoms with Gasteiger partial charge >= 0.3 is 0 Å². The fourth-order valence-electron chi connectivity index (χ4n) is 4.65. The van der Waals surface area contributed by atoms with E-state index < -0.39 is 0 Å². The van der Waals surface area contributed by atoms with Crippen molar-refractivity contribution in [3.8, 4) is 0 Å². The summed E-state index contributed by atoms with van der Waals surface area (Å²) in [6.45, 7) is 2.20. The monoisotopic (exact) mass is 439 g/mol. The van der Waals surface area contributed by atoms with Gasteiger partial charge in [-0.1, -0.05) is 23.7 Å². The molecule has 1 aromatic heterocycles. The van der Waals surface area contributed by atoms with Crippen molar-refractivity contribution in [3.05, 3.63) is 71.1 Å². The van der Waals surface area contributed by atoms with Crippen LogP contribution in [0, 0.1) is 17.7 Å². The second-order valence-corrected chi connectivity index (χ2v) is 8.69. The maximum atomic E-state index is 13.8. The third kappa shape index (κ3) is 4.99. The van der Waals surface area contributed by atoms with Gasteiger partial charge in [-0.15, -0.1) is 0 Å². The van der Waals surface area contributed by atoms with Crippen LogP contribution in [0.5, 0.6) is 0 Å². The lowest BCUT2D eigenvalue weighted by Gasteiger charge is -2.33. The van der Waals surface area contributed by atoms with Crippen molar-refractivity contribution in [2.75, 3.05) is 12.4 Å². The Morgan fingerprint density at radius 1 is 1.13 bits per heavy atom. The summed E-state index contributed by atoms with van der Waals surface area (Å²) < 4.78 is 13.8. The highest BCUT2D eigenvalue weighted by molar-refractivity contribution is 6.30. The van der Waals surface area contributed by atoms with Crippen LogP contribution in [0.1, 0.15) is 44.1 Å². The lowest BCUT2D eigenvalue weighted by molar-refractivity contribution is 0.206. The number of oxime groups is 1. The Balaban J connectivity index is 1.45. The SMILES string of the molecule is CO/N=C(\Nc1ccc(Cl)cc1)[C@H](C)[C@H]1CC[C@@H](c2ccnc3ccc(F)cc32)CC1. The van der Waals surface area contributed by atoms with Gasteiger partial charge in [0.05, 0.1) is 5.52 Å². The summed E-state index contributed by atoms with van der Waals surface area (Å²) >= 11 is 6.00. The van der Waals surface area contributed by atoms with Crippen LogP contribution < -0.4 is 5.32 Å². The van der Waals surface area contributed by atoms with E-state index in [0.717, 1.165) is 48.1 Å². The van der Waals surface area contributed by atoms with Crippen LogP contribution in [-0.4, -0.2) is 17.9 Å². The van der Waals surface area contributed by atoms with Gasteiger partial charge in [-0.2, -0.15) is 0 Å². The molecule has 4 rings (SSSR count). The molecule has 3 aromatic rings. The Labute approximate surface area is 187 Å². The number of anilines is 1. The Kier molecular flexibility index (Phi) is 6.71. The summed E-state index contributed by atoms with van der Waals surface area (Å²) in [5.74, 6) is 1.75. The molecule has 4 nitrogen and oxygen atoms in total. The van der Waals surface area contributed by atoms with Gasteiger partial charge < -0.3 is 10.2 Å². The van der Waals surface area contributed by atoms with Gasteiger partial charge in [-0.3, -0.25) is 4.98 Å². The molecule has 0 aliphatic heterocycles. The molecule has 1 aliphatic carbocycles. The van der Waals surface area contributed by atoms with Gasteiger partial charge in [0.25, 0.3) is 0 Å². The fourth-order valence-corrected chi connectivity index (χ4v) is 4.77. The highest BCUT2D eigenvalue weighted by atomic mass is 35.5. The molecular formula is C25H27ClFN3O. The smallest absolute Gasteiger partial charge is 0.149 e. The molecule has 1 N–H and O–H groups in total. The van der Waals surface area contributed by atoms with Crippen molar-refractivity contribution < 1.29 is 9.23 Å². The summed E-state index contributed by atoms with van der Waals surface area (Å²) in [4.78, 5) is 9.52. The molecule has 1 saturated carbocycles. The zero-order valence-corrected chi connectivity index (χ0v) is 18.6. The first kappa shape index (κ1) is 21.6. The van der Waals surface area contributed by atoms with Gasteiger partial charge in [0, 0.05) is 28.2 Å². The largest absolute Gasteiger partial charge is 0.398 e. The van der Waals surface area contributed by atoms with Crippen LogP contribution in [0.2, 0.25) is 5.02 Å². The first-order chi connectivity index (χ1) is 15.0. The third-order valence-corrected chi connectivity index (χ3v) is 6.65. The van der Waals surface area contributed by atoms with Crippen molar-refractivity contribution in [2.24, 2.45) is 17.0 Å². The minimum absolute atomic E-state index is 0.210. The highest BCUT2D eigenvalue weighted by Crippen LogP contribution is 2.41. The number of amidine groups is 1. The predicted octanol–water partition coefficient (Wildman–Crippen LogP) is 7.01. The second kappa shape index (κ2) is 9.65. The normalized spacial score (nSPS) is 20.5. The minimum Gasteiger partial charge on any atom is -0.398 e. The Bertz CT molecular complexity index is 1060. The Morgan fingerprint density at radius 3 is 2.58 bits per heavy atom. The van der Waals surface area contributed by atoms with Crippen LogP contribution in [0.15, 0.2) is 59.9 Å². The number of hydrogen-bond acceptors (Lipinski definition) is 3. The number of nitrogens with zero attached hydrogens (tertiary/aromatic N) is 2. The van der Waals surface area contributed by atoms with E-state index in [1.165, 1.54) is 11.6 Å². The van der Waals surface area contributed by atoms with Crippen molar-refractivity contribution in [3.63, 3.8) is 0 Å². The molecule has 1 fully saturated rings. The van der Waals surface area contributed by atoms with E-state index in [1.54, 1.807) is 19.2 Å². The average molecular weight is 440 g/mol. The van der Waals surface area contributed by atoms with Crippen molar-refractivity contribution in [2.45, 2.75) is 38.5 Å². The summed E-state index contributed by atoms with van der Waals surface area (Å²) in [7, 11) is 1.57. The summed E-state index contributed by atoms with van der Waals surface area (Å²) in [6.07, 6.45) is 6.12. The highest BCUT2D eigenvalue weighted by Gasteiger charge is 2.30. The van der Waals surface area contributed by atoms with Crippen LogP contribution in [-0.2, 0) is 4.84 Å². The molecule has 0 spiro atoms. The molecule has 0 bridgehead atoms. The average Bonchev–Trinajstić information content (AvgIpc) is 2.79. The van der Waals surface area contributed by atoms with Crippen LogP contribution in [0.3, 0.4) is 0 Å². The number of halogens is 2. The zero-order chi connectivity index (χ0) is 21.8. The van der Waals surface area contributed by atoms with Gasteiger partial charge in [-0.25, -0.2) is 4.39 Å². The molecular weight excluding hydrogens is 413 g/mol. The van der Waals surface area contributed by atoms with Crippen molar-refractivity contribution >= 4 is 34.0 Å². The van der Waals surface area contributed by atoms with Gasteiger partial charge in [0.1, 0.15) is 18.8 Å². The quantitative estimate of drug-likeness (QED) is 0.264. The van der Waals surface area contributed by atoms with Gasteiger partial charge in [-0.05, 0) is 91.6 Å². The van der Waals surface area contributed by atoms with E-state index in [1.807, 2.05) is 30.5 Å². The number of fused-ring (bicyclic) bond motifs is 1. The molecule has 162 valence electrons. The molecule has 1 aliphatic rings. The summed E-state index contributed by atoms with van der Waals surface area (Å²) in [5.41, 5.74) is 3.00. The number of pyridine rings is 1. The second-order valence-electron chi connectivity index (χ2n) is 8.25. The van der Waals surface area contributed by atoms with Crippen molar-refractivity contribution in [1.82, 2.24) is 4.98 Å². The predicted molar refractivity (Wildman–Crippen MR) is 125 cm³/mol. The first-order valence-electron chi connectivity index (χ1n) is 10.7. The molecule has 0 saturated heterocycles. The van der Waals surface area contributed by atoms with E-state index in [4.69, 9.17) is 16.4 Å². The molecule has 2 aromatic carbocycles. The van der Waals surface area contributed by atoms with Crippen LogP contribution in [0.25, 0.3) is 10.9 Å². The summed E-state index contributed by atoms with van der Waals surface area (Å²) in [5, 5.41) is 9.30. The maximum absolute atomic E-state index is 13.8. The number of hydrogen-bond donors (Lipinski definition) is 1. The van der Waals surface area contributed by atoms with E-state index >= 15 is 0 Å². The Morgan fingerprint density at radius 2 is 1.87 bits per heavy atom. The van der Waals surface area contributed by atoms with Crippen LogP contribution in [0.4, 0.5) is 10.1 Å². The lowest BCUT2D eigenvalue weighted by atomic mass is 9.73. The molecule has 0 unspecified atom stereocenters. The standard InChI is InChI=1S/C25H27ClFN3O/c1-16(25(30-31-2)29-21-10-7-19(26)8-11-21)17-3-5-18(6-4-17)22-13-14-28-24-12-9-20(27)15-23(22)24/h7-18H,3-6H2,1-2H3,(H,29,30)/t16-,17-,18+/m1/s1. The van der Waals surface area contributed by atoms with Gasteiger partial charge in [0.2, 0.25) is 0 Å². The maximum Gasteiger partial charge on any atom is 0.149 e. The van der Waals surface area contributed by atoms with Gasteiger partial charge in [0.15, 0.2) is 0 Å². The molecule has 0 amide bonds. The first-order valence-corrected chi connectivity index (χ1v) is 11.1. The molecule has 1 atom stereocenters. The molecule has 6 heteroatoms. The Hall–Kier alpha value is -2.66. The number of nitrogens with one attached hydrogen (secondary N) is 1. The lowest BCUT2D eigenvalue weighted by Crippen LogP contribution is -2.30. The number of benzene rings is 2. The van der Waals surface area contributed by atoms with E-state index in [2.05, 4.69) is 28.4 Å². The van der Waals surface area contributed by atoms with Crippen molar-refractivity contribution in [1.29, 1.82) is 0 Å². The minimum atomic E-state index is -0.210. The topological polar surface area (TPSA) is 46.5 Å². The van der Waals surface area contributed by atoms with E-state index in [0.29, 0.717) is 16.9 Å². The zero-order valence-electron chi connectivity index (χ0n) is 17.8. The molecule has 0 radical (unpaired) electrons. The summed E-state index contributed by atoms with van der Waals surface area (Å²) in [6, 6.07) is 14.5. The molecule has 31 heavy (non-hydrogen) atoms. The number of rotatable bonds is 5. The molecule has 1 heterocycles. The van der Waals surface area contributed by atoms with E-state index in [-0.39, 0.29) is 11.7 Å². The fraction of sp³-hybridized carbons (Fsp3) is 0.360.